The minimum absolute atomic E-state index is 0.0675. The van der Waals surface area contributed by atoms with Crippen molar-refractivity contribution in [2.45, 2.75) is 13.0 Å². The predicted octanol–water partition coefficient (Wildman–Crippen LogP) is -0.951. The lowest BCUT2D eigenvalue weighted by molar-refractivity contribution is -0.143. The van der Waals surface area contributed by atoms with Gasteiger partial charge in [-0.25, -0.2) is 9.78 Å². The molecule has 0 radical (unpaired) electrons. The van der Waals surface area contributed by atoms with Crippen molar-refractivity contribution in [1.82, 2.24) is 15.3 Å². The SMILES string of the molecule is COC(=O)C(CO)NC(=O)c1cnc(C)cn1. The summed E-state index contributed by atoms with van der Waals surface area (Å²) in [5, 5.41) is 11.2. The number of carbonyl (C=O) groups excluding carboxylic acids is 2. The van der Waals surface area contributed by atoms with E-state index < -0.39 is 24.5 Å². The molecule has 0 saturated carbocycles. The van der Waals surface area contributed by atoms with E-state index >= 15 is 0 Å². The van der Waals surface area contributed by atoms with Crippen LogP contribution in [0.1, 0.15) is 16.2 Å². The number of aryl methyl sites for hydroxylation is 1. The van der Waals surface area contributed by atoms with Gasteiger partial charge in [-0.05, 0) is 6.92 Å². The molecule has 1 aromatic rings. The Morgan fingerprint density at radius 1 is 1.47 bits per heavy atom. The zero-order chi connectivity index (χ0) is 12.8. The fraction of sp³-hybridized carbons (Fsp3) is 0.400. The molecule has 0 aliphatic carbocycles. The number of amides is 1. The van der Waals surface area contributed by atoms with Crippen LogP contribution in [0.15, 0.2) is 12.4 Å². The number of nitrogens with zero attached hydrogens (tertiary/aromatic N) is 2. The molecule has 1 heterocycles. The number of hydrogen-bond donors (Lipinski definition) is 2. The highest BCUT2D eigenvalue weighted by Crippen LogP contribution is 1.96. The number of rotatable bonds is 4. The van der Waals surface area contributed by atoms with Crippen LogP contribution in [0.5, 0.6) is 0 Å². The Morgan fingerprint density at radius 2 is 2.18 bits per heavy atom. The summed E-state index contributed by atoms with van der Waals surface area (Å²) >= 11 is 0. The van der Waals surface area contributed by atoms with Crippen molar-refractivity contribution in [1.29, 1.82) is 0 Å². The Hall–Kier alpha value is -2.02. The molecule has 17 heavy (non-hydrogen) atoms. The molecule has 2 N–H and O–H groups in total. The highest BCUT2D eigenvalue weighted by atomic mass is 16.5. The van der Waals surface area contributed by atoms with Gasteiger partial charge in [0.15, 0.2) is 6.04 Å². The first kappa shape index (κ1) is 13.0. The van der Waals surface area contributed by atoms with Gasteiger partial charge in [0, 0.05) is 6.20 Å². The third kappa shape index (κ3) is 3.49. The minimum atomic E-state index is -1.10. The number of carbonyl (C=O) groups is 2. The van der Waals surface area contributed by atoms with Gasteiger partial charge < -0.3 is 15.2 Å². The Kier molecular flexibility index (Phi) is 4.53. The molecule has 0 spiro atoms. The summed E-state index contributed by atoms with van der Waals surface area (Å²) < 4.78 is 4.41. The van der Waals surface area contributed by atoms with E-state index in [9.17, 15) is 9.59 Å². The van der Waals surface area contributed by atoms with Crippen molar-refractivity contribution >= 4 is 11.9 Å². The number of aromatic nitrogens is 2. The standard InChI is InChI=1S/C10H13N3O4/c1-6-3-12-7(4-11-6)9(15)13-8(5-14)10(16)17-2/h3-4,8,14H,5H2,1-2H3,(H,13,15). The molecule has 0 aliphatic rings. The summed E-state index contributed by atoms with van der Waals surface area (Å²) in [7, 11) is 1.17. The van der Waals surface area contributed by atoms with Gasteiger partial charge in [0.05, 0.1) is 25.6 Å². The van der Waals surface area contributed by atoms with Crippen LogP contribution in [-0.4, -0.2) is 46.7 Å². The van der Waals surface area contributed by atoms with E-state index in [1.54, 1.807) is 6.92 Å². The summed E-state index contributed by atoms with van der Waals surface area (Å²) in [6.07, 6.45) is 2.72. The summed E-state index contributed by atoms with van der Waals surface area (Å²) in [6, 6.07) is -1.10. The molecule has 1 amide bonds. The van der Waals surface area contributed by atoms with Crippen LogP contribution in [0.25, 0.3) is 0 Å². The molecule has 7 heteroatoms. The maximum Gasteiger partial charge on any atom is 0.330 e. The number of nitrogens with one attached hydrogen (secondary N) is 1. The number of methoxy groups -OCH3 is 1. The molecule has 0 aromatic carbocycles. The van der Waals surface area contributed by atoms with E-state index in [1.165, 1.54) is 19.5 Å². The molecule has 1 atom stereocenters. The molecule has 1 aromatic heterocycles. The number of ether oxygens (including phenoxy) is 1. The summed E-state index contributed by atoms with van der Waals surface area (Å²) in [6.45, 7) is 1.19. The van der Waals surface area contributed by atoms with Crippen LogP contribution in [0.3, 0.4) is 0 Å². The van der Waals surface area contributed by atoms with Gasteiger partial charge in [-0.2, -0.15) is 0 Å². The highest BCUT2D eigenvalue weighted by Gasteiger charge is 2.21. The monoisotopic (exact) mass is 239 g/mol. The van der Waals surface area contributed by atoms with E-state index in [-0.39, 0.29) is 5.69 Å². The van der Waals surface area contributed by atoms with Crippen LogP contribution >= 0.6 is 0 Å². The van der Waals surface area contributed by atoms with Crippen LogP contribution in [0.2, 0.25) is 0 Å². The third-order valence-corrected chi connectivity index (χ3v) is 1.99. The zero-order valence-corrected chi connectivity index (χ0v) is 9.51. The number of esters is 1. The maximum atomic E-state index is 11.6. The fourth-order valence-electron chi connectivity index (χ4n) is 1.06. The molecular formula is C10H13N3O4. The number of aliphatic hydroxyl groups excluding tert-OH is 1. The zero-order valence-electron chi connectivity index (χ0n) is 9.51. The first-order chi connectivity index (χ1) is 8.08. The Labute approximate surface area is 97.8 Å². The van der Waals surface area contributed by atoms with Gasteiger partial charge in [-0.15, -0.1) is 0 Å². The fourth-order valence-corrected chi connectivity index (χ4v) is 1.06. The van der Waals surface area contributed by atoms with Crippen molar-refractivity contribution in [2.24, 2.45) is 0 Å². The molecule has 0 aliphatic heterocycles. The van der Waals surface area contributed by atoms with Gasteiger partial charge >= 0.3 is 5.97 Å². The molecular weight excluding hydrogens is 226 g/mol. The third-order valence-electron chi connectivity index (χ3n) is 1.99. The Bertz CT molecular complexity index is 405. The average Bonchev–Trinajstić information content (AvgIpc) is 2.35. The van der Waals surface area contributed by atoms with E-state index in [1.807, 2.05) is 0 Å². The summed E-state index contributed by atoms with van der Waals surface area (Å²) in [5.74, 6) is -1.32. The highest BCUT2D eigenvalue weighted by molar-refractivity contribution is 5.94. The smallest absolute Gasteiger partial charge is 0.330 e. The average molecular weight is 239 g/mol. The van der Waals surface area contributed by atoms with Crippen LogP contribution in [-0.2, 0) is 9.53 Å². The van der Waals surface area contributed by atoms with Crippen LogP contribution in [0.4, 0.5) is 0 Å². The van der Waals surface area contributed by atoms with Crippen molar-refractivity contribution in [3.63, 3.8) is 0 Å². The molecule has 0 fully saturated rings. The second kappa shape index (κ2) is 5.90. The van der Waals surface area contributed by atoms with Crippen molar-refractivity contribution in [3.8, 4) is 0 Å². The predicted molar refractivity (Wildman–Crippen MR) is 57.1 cm³/mol. The largest absolute Gasteiger partial charge is 0.467 e. The van der Waals surface area contributed by atoms with E-state index in [0.717, 1.165) is 0 Å². The topological polar surface area (TPSA) is 101 Å². The van der Waals surface area contributed by atoms with Gasteiger partial charge in [0.2, 0.25) is 0 Å². The molecule has 92 valence electrons. The van der Waals surface area contributed by atoms with Gasteiger partial charge in [0.25, 0.3) is 5.91 Å². The second-order valence-corrected chi connectivity index (χ2v) is 3.27. The van der Waals surface area contributed by atoms with E-state index in [2.05, 4.69) is 20.0 Å². The Balaban J connectivity index is 2.71. The first-order valence-electron chi connectivity index (χ1n) is 4.86. The normalized spacial score (nSPS) is 11.7. The first-order valence-corrected chi connectivity index (χ1v) is 4.86. The van der Waals surface area contributed by atoms with Crippen molar-refractivity contribution < 1.29 is 19.4 Å². The van der Waals surface area contributed by atoms with Crippen molar-refractivity contribution in [3.05, 3.63) is 23.8 Å². The summed E-state index contributed by atoms with van der Waals surface area (Å²) in [4.78, 5) is 30.5. The minimum Gasteiger partial charge on any atom is -0.467 e. The van der Waals surface area contributed by atoms with E-state index in [0.29, 0.717) is 5.69 Å². The Morgan fingerprint density at radius 3 is 2.65 bits per heavy atom. The lowest BCUT2D eigenvalue weighted by atomic mass is 10.3. The van der Waals surface area contributed by atoms with Gasteiger partial charge in [-0.3, -0.25) is 9.78 Å². The number of aliphatic hydroxyl groups is 1. The van der Waals surface area contributed by atoms with Crippen molar-refractivity contribution in [2.75, 3.05) is 13.7 Å². The van der Waals surface area contributed by atoms with Gasteiger partial charge in [0.1, 0.15) is 5.69 Å². The molecule has 0 bridgehead atoms. The van der Waals surface area contributed by atoms with E-state index in [4.69, 9.17) is 5.11 Å². The molecule has 7 nitrogen and oxygen atoms in total. The molecule has 0 saturated heterocycles. The maximum absolute atomic E-state index is 11.6. The lowest BCUT2D eigenvalue weighted by Gasteiger charge is -2.13. The van der Waals surface area contributed by atoms with Crippen LogP contribution in [0, 0.1) is 6.92 Å². The quantitative estimate of drug-likeness (QED) is 0.657. The molecule has 1 unspecified atom stereocenters. The lowest BCUT2D eigenvalue weighted by Crippen LogP contribution is -2.44. The number of hydrogen-bond acceptors (Lipinski definition) is 6. The van der Waals surface area contributed by atoms with Crippen LogP contribution < -0.4 is 5.32 Å². The summed E-state index contributed by atoms with van der Waals surface area (Å²) in [5.41, 5.74) is 0.742. The second-order valence-electron chi connectivity index (χ2n) is 3.27. The molecule has 1 rings (SSSR count). The van der Waals surface area contributed by atoms with Gasteiger partial charge in [-0.1, -0.05) is 0 Å².